The fourth-order valence-corrected chi connectivity index (χ4v) is 5.33. The minimum absolute atomic E-state index is 0.0367. The molecule has 1 N–H and O–H groups in total. The van der Waals surface area contributed by atoms with Gasteiger partial charge in [-0.05, 0) is 48.6 Å². The van der Waals surface area contributed by atoms with Crippen molar-refractivity contribution in [1.82, 2.24) is 14.5 Å². The van der Waals surface area contributed by atoms with Gasteiger partial charge in [-0.3, -0.25) is 10.1 Å². The standard InChI is InChI=1S/C18H17ClN4O4S2/c19-13-3-5-14(6-4-13)29(25,26)23-9-7-12(8-10-23)16(24)20-18-22-21-17(27-18)15-2-1-11-28-15/h1-6,11-12H,7-10H2,(H,20,22,24). The third kappa shape index (κ3) is 4.35. The number of carbonyl (C=O) groups is 1. The van der Waals surface area contributed by atoms with Crippen LogP contribution in [0.3, 0.4) is 0 Å². The number of anilines is 1. The summed E-state index contributed by atoms with van der Waals surface area (Å²) in [7, 11) is -3.61. The maximum atomic E-state index is 12.7. The zero-order valence-electron chi connectivity index (χ0n) is 15.1. The molecular weight excluding hydrogens is 436 g/mol. The normalized spacial score (nSPS) is 16.0. The van der Waals surface area contributed by atoms with E-state index in [9.17, 15) is 13.2 Å². The molecule has 11 heteroatoms. The highest BCUT2D eigenvalue weighted by molar-refractivity contribution is 7.89. The van der Waals surface area contributed by atoms with Crippen LogP contribution in [-0.4, -0.2) is 41.9 Å². The van der Waals surface area contributed by atoms with Gasteiger partial charge in [-0.1, -0.05) is 22.8 Å². The van der Waals surface area contributed by atoms with Crippen LogP contribution in [0.5, 0.6) is 0 Å². The van der Waals surface area contributed by atoms with Gasteiger partial charge in [0.05, 0.1) is 9.77 Å². The topological polar surface area (TPSA) is 105 Å². The van der Waals surface area contributed by atoms with Crippen LogP contribution in [0, 0.1) is 5.92 Å². The molecule has 3 aromatic rings. The number of hydrogen-bond donors (Lipinski definition) is 1. The summed E-state index contributed by atoms with van der Waals surface area (Å²) in [5.41, 5.74) is 0. The minimum atomic E-state index is -3.61. The molecule has 1 amide bonds. The van der Waals surface area contributed by atoms with Crippen LogP contribution >= 0.6 is 22.9 Å². The van der Waals surface area contributed by atoms with E-state index in [1.807, 2.05) is 17.5 Å². The van der Waals surface area contributed by atoms with E-state index >= 15 is 0 Å². The van der Waals surface area contributed by atoms with E-state index in [0.717, 1.165) is 4.88 Å². The van der Waals surface area contributed by atoms with E-state index in [1.54, 1.807) is 12.1 Å². The van der Waals surface area contributed by atoms with Crippen molar-refractivity contribution in [2.45, 2.75) is 17.7 Å². The quantitative estimate of drug-likeness (QED) is 0.635. The lowest BCUT2D eigenvalue weighted by Gasteiger charge is -2.30. The first-order valence-corrected chi connectivity index (χ1v) is 11.6. The SMILES string of the molecule is O=C(Nc1nnc(-c2cccs2)o1)C1CCN(S(=O)(=O)c2ccc(Cl)cc2)CC1. The molecule has 4 rings (SSSR count). The van der Waals surface area contributed by atoms with Crippen LogP contribution < -0.4 is 5.32 Å². The molecule has 0 spiro atoms. The molecule has 0 radical (unpaired) electrons. The number of carbonyl (C=O) groups excluding carboxylic acids is 1. The van der Waals surface area contributed by atoms with E-state index in [0.29, 0.717) is 23.8 Å². The third-order valence-corrected chi connectivity index (χ3v) is 7.69. The Bertz CT molecular complexity index is 1090. The molecule has 2 aromatic heterocycles. The zero-order valence-corrected chi connectivity index (χ0v) is 17.5. The monoisotopic (exact) mass is 452 g/mol. The van der Waals surface area contributed by atoms with E-state index in [1.165, 1.54) is 27.8 Å². The van der Waals surface area contributed by atoms with E-state index in [-0.39, 0.29) is 35.8 Å². The molecule has 0 bridgehead atoms. The fourth-order valence-electron chi connectivity index (χ4n) is 3.09. The number of nitrogens with one attached hydrogen (secondary N) is 1. The fraction of sp³-hybridized carbons (Fsp3) is 0.278. The van der Waals surface area contributed by atoms with Gasteiger partial charge < -0.3 is 4.42 Å². The summed E-state index contributed by atoms with van der Waals surface area (Å²) in [5, 5.41) is 12.8. The van der Waals surface area contributed by atoms with Crippen LogP contribution in [-0.2, 0) is 14.8 Å². The summed E-state index contributed by atoms with van der Waals surface area (Å²) in [6.45, 7) is 0.515. The van der Waals surface area contributed by atoms with Crippen molar-refractivity contribution in [3.63, 3.8) is 0 Å². The maximum absolute atomic E-state index is 12.7. The van der Waals surface area contributed by atoms with Crippen molar-refractivity contribution in [1.29, 1.82) is 0 Å². The highest BCUT2D eigenvalue weighted by Gasteiger charge is 2.32. The van der Waals surface area contributed by atoms with Crippen LogP contribution in [0.15, 0.2) is 51.1 Å². The van der Waals surface area contributed by atoms with Gasteiger partial charge in [-0.15, -0.1) is 16.4 Å². The van der Waals surface area contributed by atoms with Crippen LogP contribution in [0.2, 0.25) is 5.02 Å². The second-order valence-electron chi connectivity index (χ2n) is 6.51. The molecule has 152 valence electrons. The summed E-state index contributed by atoms with van der Waals surface area (Å²) in [5.74, 6) is -0.238. The largest absolute Gasteiger partial charge is 0.402 e. The molecule has 0 atom stereocenters. The lowest BCUT2D eigenvalue weighted by molar-refractivity contribution is -0.121. The number of rotatable bonds is 5. The number of amides is 1. The molecule has 1 aromatic carbocycles. The smallest absolute Gasteiger partial charge is 0.322 e. The Balaban J connectivity index is 1.35. The molecule has 1 aliphatic rings. The van der Waals surface area contributed by atoms with Gasteiger partial charge in [0.15, 0.2) is 0 Å². The van der Waals surface area contributed by atoms with Crippen LogP contribution in [0.25, 0.3) is 10.8 Å². The number of nitrogens with zero attached hydrogens (tertiary/aromatic N) is 3. The van der Waals surface area contributed by atoms with Gasteiger partial charge >= 0.3 is 6.01 Å². The number of aromatic nitrogens is 2. The number of halogens is 1. The summed E-state index contributed by atoms with van der Waals surface area (Å²) < 4.78 is 32.3. The van der Waals surface area contributed by atoms with Gasteiger partial charge in [0, 0.05) is 24.0 Å². The van der Waals surface area contributed by atoms with Crippen molar-refractivity contribution in [2.75, 3.05) is 18.4 Å². The molecule has 8 nitrogen and oxygen atoms in total. The summed E-state index contributed by atoms with van der Waals surface area (Å²) in [4.78, 5) is 13.5. The van der Waals surface area contributed by atoms with Gasteiger partial charge in [0.2, 0.25) is 15.9 Å². The predicted molar refractivity (Wildman–Crippen MR) is 109 cm³/mol. The predicted octanol–water partition coefficient (Wildman–Crippen LogP) is 3.49. The Morgan fingerprint density at radius 2 is 1.90 bits per heavy atom. The Morgan fingerprint density at radius 1 is 1.17 bits per heavy atom. The Hall–Kier alpha value is -2.27. The lowest BCUT2D eigenvalue weighted by atomic mass is 9.97. The second-order valence-corrected chi connectivity index (χ2v) is 9.83. The van der Waals surface area contributed by atoms with Crippen LogP contribution in [0.4, 0.5) is 6.01 Å². The molecule has 0 unspecified atom stereocenters. The van der Waals surface area contributed by atoms with Crippen molar-refractivity contribution in [3.05, 3.63) is 46.8 Å². The molecule has 1 aliphatic heterocycles. The maximum Gasteiger partial charge on any atom is 0.322 e. The van der Waals surface area contributed by atoms with Crippen molar-refractivity contribution in [2.24, 2.45) is 5.92 Å². The number of sulfonamides is 1. The number of piperidine rings is 1. The third-order valence-electron chi connectivity index (χ3n) is 4.66. The van der Waals surface area contributed by atoms with Crippen molar-refractivity contribution in [3.8, 4) is 10.8 Å². The van der Waals surface area contributed by atoms with Crippen LogP contribution in [0.1, 0.15) is 12.8 Å². The molecule has 1 fully saturated rings. The van der Waals surface area contributed by atoms with E-state index in [4.69, 9.17) is 16.0 Å². The highest BCUT2D eigenvalue weighted by atomic mass is 35.5. The molecule has 1 saturated heterocycles. The number of benzene rings is 1. The average molecular weight is 453 g/mol. The average Bonchev–Trinajstić information content (AvgIpc) is 3.40. The van der Waals surface area contributed by atoms with Gasteiger partial charge in [0.1, 0.15) is 0 Å². The lowest BCUT2D eigenvalue weighted by Crippen LogP contribution is -2.41. The van der Waals surface area contributed by atoms with Gasteiger partial charge in [-0.2, -0.15) is 4.31 Å². The molecule has 0 saturated carbocycles. The highest BCUT2D eigenvalue weighted by Crippen LogP contribution is 2.27. The molecule has 29 heavy (non-hydrogen) atoms. The second kappa shape index (κ2) is 8.23. The molecule has 0 aliphatic carbocycles. The summed E-state index contributed by atoms with van der Waals surface area (Å²) in [6, 6.07) is 9.81. The van der Waals surface area contributed by atoms with Gasteiger partial charge in [0.25, 0.3) is 5.89 Å². The summed E-state index contributed by atoms with van der Waals surface area (Å²) >= 11 is 7.29. The Kier molecular flexibility index (Phi) is 5.68. The van der Waals surface area contributed by atoms with E-state index < -0.39 is 10.0 Å². The first kappa shape index (κ1) is 20.0. The first-order valence-electron chi connectivity index (χ1n) is 8.87. The Labute approximate surface area is 176 Å². The van der Waals surface area contributed by atoms with Gasteiger partial charge in [-0.25, -0.2) is 8.42 Å². The van der Waals surface area contributed by atoms with Crippen molar-refractivity contribution >= 4 is 44.9 Å². The molecule has 3 heterocycles. The zero-order chi connectivity index (χ0) is 20.4. The Morgan fingerprint density at radius 3 is 2.55 bits per heavy atom. The number of thiophene rings is 1. The summed E-state index contributed by atoms with van der Waals surface area (Å²) in [6.07, 6.45) is 0.815. The van der Waals surface area contributed by atoms with Crippen molar-refractivity contribution < 1.29 is 17.6 Å². The van der Waals surface area contributed by atoms with E-state index in [2.05, 4.69) is 15.5 Å². The number of hydrogen-bond acceptors (Lipinski definition) is 7. The first-order chi connectivity index (χ1) is 13.9. The molecular formula is C18H17ClN4O4S2. The minimum Gasteiger partial charge on any atom is -0.402 e.